The Balaban J connectivity index is 2.38. The fraction of sp³-hybridized carbons (Fsp3) is 0.400. The molecule has 1 aromatic carbocycles. The molecule has 0 aliphatic heterocycles. The topological polar surface area (TPSA) is 67.2 Å². The van der Waals surface area contributed by atoms with Gasteiger partial charge in [0.05, 0.1) is 24.7 Å². The average Bonchev–Trinajstić information content (AvgIpc) is 2.45. The van der Waals surface area contributed by atoms with Gasteiger partial charge in [-0.05, 0) is 18.6 Å². The number of ether oxygens (including phenoxy) is 1. The summed E-state index contributed by atoms with van der Waals surface area (Å²) in [6, 6.07) is 8.37. The fourth-order valence-electron chi connectivity index (χ4n) is 1.49. The first kappa shape index (κ1) is 14.9. The zero-order valence-electron chi connectivity index (χ0n) is 11.0. The second-order valence-electron chi connectivity index (χ2n) is 4.19. The van der Waals surface area contributed by atoms with Crippen molar-refractivity contribution in [3.05, 3.63) is 35.4 Å². The van der Waals surface area contributed by atoms with E-state index in [9.17, 15) is 9.59 Å². The minimum atomic E-state index is -0.338. The van der Waals surface area contributed by atoms with Crippen LogP contribution in [0.25, 0.3) is 0 Å². The Kier molecular flexibility index (Phi) is 6.31. The molecule has 1 aromatic rings. The number of Topliss-reactive ketones (excluding diaryl/α,β-unsaturated/α-hetero) is 1. The molecule has 0 heterocycles. The number of carbonyl (C=O) groups excluding carboxylic acids is 2. The molecule has 100 valence electrons. The highest BCUT2D eigenvalue weighted by atomic mass is 16.5. The quantitative estimate of drug-likeness (QED) is 0.429. The summed E-state index contributed by atoms with van der Waals surface area (Å²) in [6.07, 6.45) is 2.05. The van der Waals surface area contributed by atoms with Gasteiger partial charge in [-0.1, -0.05) is 25.5 Å². The van der Waals surface area contributed by atoms with Crippen LogP contribution < -0.4 is 0 Å². The van der Waals surface area contributed by atoms with E-state index in [1.807, 2.05) is 13.0 Å². The van der Waals surface area contributed by atoms with Gasteiger partial charge in [-0.2, -0.15) is 5.26 Å². The first-order valence-corrected chi connectivity index (χ1v) is 6.36. The molecule has 0 aliphatic carbocycles. The minimum absolute atomic E-state index is 0.0998. The molecule has 0 radical (unpaired) electrons. The molecular formula is C15H17NO3. The predicted molar refractivity (Wildman–Crippen MR) is 70.6 cm³/mol. The van der Waals surface area contributed by atoms with Gasteiger partial charge in [0.1, 0.15) is 0 Å². The third-order valence-electron chi connectivity index (χ3n) is 2.65. The van der Waals surface area contributed by atoms with Gasteiger partial charge in [0.25, 0.3) is 0 Å². The lowest BCUT2D eigenvalue weighted by Gasteiger charge is -2.03. The van der Waals surface area contributed by atoms with Crippen LogP contribution in [0.4, 0.5) is 0 Å². The Morgan fingerprint density at radius 3 is 2.47 bits per heavy atom. The number of carbonyl (C=O) groups is 2. The second kappa shape index (κ2) is 8.04. The minimum Gasteiger partial charge on any atom is -0.466 e. The number of nitriles is 1. The first-order valence-electron chi connectivity index (χ1n) is 6.36. The molecule has 19 heavy (non-hydrogen) atoms. The van der Waals surface area contributed by atoms with Crippen molar-refractivity contribution >= 4 is 11.8 Å². The highest BCUT2D eigenvalue weighted by Gasteiger charge is 2.10. The van der Waals surface area contributed by atoms with Gasteiger partial charge in [0, 0.05) is 12.0 Å². The van der Waals surface area contributed by atoms with Gasteiger partial charge in [0.2, 0.25) is 0 Å². The van der Waals surface area contributed by atoms with E-state index in [1.54, 1.807) is 24.3 Å². The van der Waals surface area contributed by atoms with Crippen LogP contribution in [0.3, 0.4) is 0 Å². The van der Waals surface area contributed by atoms with Crippen LogP contribution in [-0.2, 0) is 9.53 Å². The number of esters is 1. The van der Waals surface area contributed by atoms with Crippen LogP contribution in [0.15, 0.2) is 24.3 Å². The monoisotopic (exact) mass is 259 g/mol. The van der Waals surface area contributed by atoms with Crippen molar-refractivity contribution in [2.45, 2.75) is 32.6 Å². The van der Waals surface area contributed by atoms with Crippen molar-refractivity contribution in [3.63, 3.8) is 0 Å². The third kappa shape index (κ3) is 5.35. The van der Waals surface area contributed by atoms with Crippen LogP contribution in [0.5, 0.6) is 0 Å². The summed E-state index contributed by atoms with van der Waals surface area (Å²) in [6.45, 7) is 2.43. The molecule has 0 amide bonds. The van der Waals surface area contributed by atoms with E-state index in [4.69, 9.17) is 10.00 Å². The Morgan fingerprint density at radius 1 is 1.21 bits per heavy atom. The summed E-state index contributed by atoms with van der Waals surface area (Å²) in [7, 11) is 0. The molecule has 0 bridgehead atoms. The van der Waals surface area contributed by atoms with Crippen LogP contribution in [0.2, 0.25) is 0 Å². The van der Waals surface area contributed by atoms with E-state index >= 15 is 0 Å². The van der Waals surface area contributed by atoms with Crippen LogP contribution in [-0.4, -0.2) is 18.4 Å². The van der Waals surface area contributed by atoms with Gasteiger partial charge in [0.15, 0.2) is 5.78 Å². The Hall–Kier alpha value is -2.15. The Morgan fingerprint density at radius 2 is 1.89 bits per heavy atom. The maximum Gasteiger partial charge on any atom is 0.306 e. The SMILES string of the molecule is CCCCOC(=O)CCC(=O)c1ccc(C#N)cc1. The molecule has 0 saturated heterocycles. The normalized spacial score (nSPS) is 9.68. The Bertz CT molecular complexity index is 471. The maximum atomic E-state index is 11.8. The van der Waals surface area contributed by atoms with Crippen LogP contribution >= 0.6 is 0 Å². The summed E-state index contributed by atoms with van der Waals surface area (Å²) in [5.74, 6) is -0.452. The van der Waals surface area contributed by atoms with E-state index in [0.717, 1.165) is 12.8 Å². The van der Waals surface area contributed by atoms with E-state index < -0.39 is 0 Å². The lowest BCUT2D eigenvalue weighted by Crippen LogP contribution is -2.09. The molecule has 4 heteroatoms. The number of hydrogen-bond acceptors (Lipinski definition) is 4. The predicted octanol–water partition coefficient (Wildman–Crippen LogP) is 2.86. The summed E-state index contributed by atoms with van der Waals surface area (Å²) < 4.78 is 4.97. The van der Waals surface area contributed by atoms with Crippen molar-refractivity contribution in [2.75, 3.05) is 6.61 Å². The highest BCUT2D eigenvalue weighted by molar-refractivity contribution is 5.97. The van der Waals surface area contributed by atoms with Crippen molar-refractivity contribution in [3.8, 4) is 6.07 Å². The maximum absolute atomic E-state index is 11.8. The van der Waals surface area contributed by atoms with Gasteiger partial charge >= 0.3 is 5.97 Å². The molecule has 1 rings (SSSR count). The molecule has 0 unspecified atom stereocenters. The van der Waals surface area contributed by atoms with Crippen LogP contribution in [0.1, 0.15) is 48.5 Å². The lowest BCUT2D eigenvalue weighted by molar-refractivity contribution is -0.143. The highest BCUT2D eigenvalue weighted by Crippen LogP contribution is 2.08. The molecular weight excluding hydrogens is 242 g/mol. The number of nitrogens with zero attached hydrogens (tertiary/aromatic N) is 1. The van der Waals surface area contributed by atoms with Gasteiger partial charge < -0.3 is 4.74 Å². The number of ketones is 1. The molecule has 0 aliphatic rings. The van der Waals surface area contributed by atoms with Gasteiger partial charge in [-0.15, -0.1) is 0 Å². The number of rotatable bonds is 7. The van der Waals surface area contributed by atoms with Crippen molar-refractivity contribution in [2.24, 2.45) is 0 Å². The number of unbranched alkanes of at least 4 members (excludes halogenated alkanes) is 1. The van der Waals surface area contributed by atoms with E-state index in [-0.39, 0.29) is 24.6 Å². The molecule has 4 nitrogen and oxygen atoms in total. The van der Waals surface area contributed by atoms with Gasteiger partial charge in [-0.25, -0.2) is 0 Å². The van der Waals surface area contributed by atoms with E-state index in [1.165, 1.54) is 0 Å². The molecule has 0 spiro atoms. The Labute approximate surface area is 113 Å². The summed E-state index contributed by atoms with van der Waals surface area (Å²) in [4.78, 5) is 23.1. The number of benzene rings is 1. The molecule has 0 atom stereocenters. The summed E-state index contributed by atoms with van der Waals surface area (Å²) in [5.41, 5.74) is 1.02. The zero-order valence-corrected chi connectivity index (χ0v) is 11.0. The van der Waals surface area contributed by atoms with Crippen molar-refractivity contribution in [1.29, 1.82) is 5.26 Å². The van der Waals surface area contributed by atoms with E-state index in [0.29, 0.717) is 17.7 Å². The number of hydrogen-bond donors (Lipinski definition) is 0. The molecule has 0 aromatic heterocycles. The second-order valence-corrected chi connectivity index (χ2v) is 4.19. The molecule has 0 fully saturated rings. The standard InChI is InChI=1S/C15H17NO3/c1-2-3-10-19-15(18)9-8-14(17)13-6-4-12(11-16)5-7-13/h4-7H,2-3,8-10H2,1H3. The third-order valence-corrected chi connectivity index (χ3v) is 2.65. The summed E-state index contributed by atoms with van der Waals surface area (Å²) >= 11 is 0. The average molecular weight is 259 g/mol. The smallest absolute Gasteiger partial charge is 0.306 e. The van der Waals surface area contributed by atoms with Crippen LogP contribution in [0, 0.1) is 11.3 Å². The summed E-state index contributed by atoms with van der Waals surface area (Å²) in [5, 5.41) is 8.65. The van der Waals surface area contributed by atoms with E-state index in [2.05, 4.69) is 0 Å². The molecule has 0 saturated carbocycles. The van der Waals surface area contributed by atoms with Gasteiger partial charge in [-0.3, -0.25) is 9.59 Å². The largest absolute Gasteiger partial charge is 0.466 e. The zero-order chi connectivity index (χ0) is 14.1. The van der Waals surface area contributed by atoms with Crippen molar-refractivity contribution < 1.29 is 14.3 Å². The fourth-order valence-corrected chi connectivity index (χ4v) is 1.49. The molecule has 0 N–H and O–H groups in total. The van der Waals surface area contributed by atoms with Crippen molar-refractivity contribution in [1.82, 2.24) is 0 Å². The lowest BCUT2D eigenvalue weighted by atomic mass is 10.1. The first-order chi connectivity index (χ1) is 9.17.